The number of nitrogens with zero attached hydrogens (tertiary/aromatic N) is 3. The monoisotopic (exact) mass is 440 g/mol. The van der Waals surface area contributed by atoms with Gasteiger partial charge < -0.3 is 0 Å². The predicted octanol–water partition coefficient (Wildman–Crippen LogP) is 4.79. The molecule has 26 heavy (non-hydrogen) atoms. The van der Waals surface area contributed by atoms with Gasteiger partial charge in [-0.15, -0.1) is 21.5 Å². The van der Waals surface area contributed by atoms with Crippen LogP contribution in [0.4, 0.5) is 0 Å². The Morgan fingerprint density at radius 3 is 2.69 bits per heavy atom. The summed E-state index contributed by atoms with van der Waals surface area (Å²) in [5.41, 5.74) is 3.68. The summed E-state index contributed by atoms with van der Waals surface area (Å²) in [4.78, 5) is 12.8. The third-order valence-corrected chi connectivity index (χ3v) is 7.23. The Hall–Kier alpha value is -1.39. The second-order valence-electron chi connectivity index (χ2n) is 4.85. The Balaban J connectivity index is 1.40. The predicted molar refractivity (Wildman–Crippen MR) is 112 cm³/mol. The minimum absolute atomic E-state index is 0.173. The Bertz CT molecular complexity index is 865. The number of amides is 1. The average Bonchev–Trinajstić information content (AvgIpc) is 3.31. The first kappa shape index (κ1) is 19.4. The zero-order chi connectivity index (χ0) is 18.2. The van der Waals surface area contributed by atoms with E-state index in [1.54, 1.807) is 29.3 Å². The van der Waals surface area contributed by atoms with Gasteiger partial charge in [-0.2, -0.15) is 5.10 Å². The fourth-order valence-electron chi connectivity index (χ4n) is 1.73. The second-order valence-corrected chi connectivity index (χ2v) is 9.68. The fraction of sp³-hybridized carbons (Fsp3) is 0.125. The molecule has 0 bridgehead atoms. The van der Waals surface area contributed by atoms with Crippen LogP contribution in [0.3, 0.4) is 0 Å². The molecule has 1 N–H and O–H groups in total. The van der Waals surface area contributed by atoms with E-state index < -0.39 is 0 Å². The first-order valence-electron chi connectivity index (χ1n) is 7.38. The highest BCUT2D eigenvalue weighted by molar-refractivity contribution is 8.03. The van der Waals surface area contributed by atoms with Gasteiger partial charge in [-0.05, 0) is 29.1 Å². The number of hydrazone groups is 1. The summed E-state index contributed by atoms with van der Waals surface area (Å²) >= 11 is 11.9. The zero-order valence-corrected chi connectivity index (χ0v) is 17.3. The van der Waals surface area contributed by atoms with Gasteiger partial charge >= 0.3 is 0 Å². The number of aromatic nitrogens is 2. The third kappa shape index (κ3) is 6.40. The lowest BCUT2D eigenvalue weighted by atomic mass is 10.2. The highest BCUT2D eigenvalue weighted by Crippen LogP contribution is 2.30. The van der Waals surface area contributed by atoms with Gasteiger partial charge in [0.25, 0.3) is 5.91 Å². The molecule has 0 saturated carbocycles. The molecule has 5 nitrogen and oxygen atoms in total. The van der Waals surface area contributed by atoms with E-state index in [0.29, 0.717) is 0 Å². The molecule has 0 fully saturated rings. The highest BCUT2D eigenvalue weighted by atomic mass is 35.5. The molecule has 134 valence electrons. The molecular weight excluding hydrogens is 428 g/mol. The lowest BCUT2D eigenvalue weighted by molar-refractivity contribution is -0.118. The summed E-state index contributed by atoms with van der Waals surface area (Å²) in [6.07, 6.45) is 1.63. The number of thioether (sulfide) groups is 2. The maximum atomic E-state index is 11.8. The minimum Gasteiger partial charge on any atom is -0.272 e. The molecule has 0 aliphatic carbocycles. The number of hydrogen-bond donors (Lipinski definition) is 1. The number of rotatable bonds is 8. The van der Waals surface area contributed by atoms with E-state index in [1.165, 1.54) is 28.7 Å². The zero-order valence-electron chi connectivity index (χ0n) is 13.3. The van der Waals surface area contributed by atoms with Crippen molar-refractivity contribution in [3.63, 3.8) is 0 Å². The van der Waals surface area contributed by atoms with Crippen molar-refractivity contribution < 1.29 is 4.79 Å². The maximum absolute atomic E-state index is 11.8. The van der Waals surface area contributed by atoms with Crippen LogP contribution >= 0.6 is 57.8 Å². The molecule has 0 unspecified atom stereocenters. The van der Waals surface area contributed by atoms with E-state index in [2.05, 4.69) is 20.7 Å². The Morgan fingerprint density at radius 1 is 1.19 bits per heavy atom. The molecule has 3 rings (SSSR count). The smallest absolute Gasteiger partial charge is 0.250 e. The quantitative estimate of drug-likeness (QED) is 0.310. The number of halogens is 1. The molecule has 3 aromatic rings. The van der Waals surface area contributed by atoms with Crippen LogP contribution in [0.25, 0.3) is 0 Å². The number of carbonyl (C=O) groups excluding carboxylic acids is 1. The first-order valence-corrected chi connectivity index (χ1v) is 11.4. The molecule has 1 amide bonds. The normalized spacial score (nSPS) is 11.1. The fourth-order valence-corrected chi connectivity index (χ4v) is 5.21. The molecule has 2 heterocycles. The second kappa shape index (κ2) is 10.1. The lowest BCUT2D eigenvalue weighted by Crippen LogP contribution is -2.19. The molecule has 2 aromatic heterocycles. The summed E-state index contributed by atoms with van der Waals surface area (Å²) in [5.74, 6) is 0.875. The number of nitrogens with one attached hydrogen (secondary N) is 1. The van der Waals surface area contributed by atoms with E-state index in [0.717, 1.165) is 24.3 Å². The average molecular weight is 441 g/mol. The van der Waals surface area contributed by atoms with Crippen molar-refractivity contribution in [2.45, 2.75) is 14.4 Å². The summed E-state index contributed by atoms with van der Waals surface area (Å²) in [7, 11) is 0. The minimum atomic E-state index is -0.173. The van der Waals surface area contributed by atoms with E-state index in [1.807, 2.05) is 41.8 Å². The molecule has 1 aromatic carbocycles. The van der Waals surface area contributed by atoms with Crippen LogP contribution in [-0.4, -0.2) is 28.1 Å². The summed E-state index contributed by atoms with van der Waals surface area (Å²) in [6, 6.07) is 11.6. The van der Waals surface area contributed by atoms with Gasteiger partial charge in [-0.3, -0.25) is 4.79 Å². The van der Waals surface area contributed by atoms with Gasteiger partial charge in [0.1, 0.15) is 0 Å². The Kier molecular flexibility index (Phi) is 7.51. The molecule has 10 heteroatoms. The molecule has 0 aliphatic rings. The van der Waals surface area contributed by atoms with Crippen molar-refractivity contribution in [1.82, 2.24) is 15.6 Å². The summed E-state index contributed by atoms with van der Waals surface area (Å²) in [5, 5.41) is 14.9. The molecule has 0 saturated heterocycles. The van der Waals surface area contributed by atoms with Crippen molar-refractivity contribution in [2.24, 2.45) is 5.10 Å². The Labute approximate surface area is 172 Å². The topological polar surface area (TPSA) is 67.2 Å². The van der Waals surface area contributed by atoms with Crippen LogP contribution in [0.15, 0.2) is 55.6 Å². The van der Waals surface area contributed by atoms with Crippen molar-refractivity contribution >= 4 is 69.9 Å². The summed E-state index contributed by atoms with van der Waals surface area (Å²) < 4.78 is 1.64. The van der Waals surface area contributed by atoms with Crippen LogP contribution < -0.4 is 5.43 Å². The van der Waals surface area contributed by atoms with Crippen LogP contribution in [0.5, 0.6) is 0 Å². The van der Waals surface area contributed by atoms with Gasteiger partial charge in [-0.1, -0.05) is 64.7 Å². The van der Waals surface area contributed by atoms with Crippen molar-refractivity contribution in [1.29, 1.82) is 0 Å². The molecule has 0 aliphatic heterocycles. The van der Waals surface area contributed by atoms with Crippen molar-refractivity contribution in [3.05, 3.63) is 57.2 Å². The molecule has 0 radical (unpaired) electrons. The van der Waals surface area contributed by atoms with E-state index in [9.17, 15) is 4.79 Å². The number of carbonyl (C=O) groups is 1. The van der Waals surface area contributed by atoms with Crippen LogP contribution in [-0.2, 0) is 10.5 Å². The molecule has 0 atom stereocenters. The van der Waals surface area contributed by atoms with Gasteiger partial charge in [0, 0.05) is 15.7 Å². The van der Waals surface area contributed by atoms with E-state index >= 15 is 0 Å². The van der Waals surface area contributed by atoms with Crippen LogP contribution in [0.2, 0.25) is 5.02 Å². The van der Waals surface area contributed by atoms with Crippen molar-refractivity contribution in [2.75, 3.05) is 5.75 Å². The van der Waals surface area contributed by atoms with Crippen molar-refractivity contribution in [3.8, 4) is 0 Å². The Morgan fingerprint density at radius 2 is 1.96 bits per heavy atom. The highest BCUT2D eigenvalue weighted by Gasteiger charge is 2.08. The SMILES string of the molecule is O=C(CSc1nnc(SCc2ccc(Cl)cc2)s1)N/N=C\c1cccs1. The number of hydrogen-bond acceptors (Lipinski definition) is 8. The van der Waals surface area contributed by atoms with E-state index in [4.69, 9.17) is 11.6 Å². The lowest BCUT2D eigenvalue weighted by Gasteiger charge is -1.98. The largest absolute Gasteiger partial charge is 0.272 e. The maximum Gasteiger partial charge on any atom is 0.250 e. The van der Waals surface area contributed by atoms with Gasteiger partial charge in [0.05, 0.1) is 12.0 Å². The van der Waals surface area contributed by atoms with Gasteiger partial charge in [-0.25, -0.2) is 5.43 Å². The van der Waals surface area contributed by atoms with Gasteiger partial charge in [0.2, 0.25) is 0 Å². The molecule has 0 spiro atoms. The third-order valence-electron chi connectivity index (χ3n) is 2.91. The molecular formula is C16H13ClN4OS4. The standard InChI is InChI=1S/C16H13ClN4OS4/c17-12-5-3-11(4-6-12)9-24-15-20-21-16(26-15)25-10-14(22)19-18-8-13-2-1-7-23-13/h1-8H,9-10H2,(H,19,22)/b18-8-. The summed E-state index contributed by atoms with van der Waals surface area (Å²) in [6.45, 7) is 0. The van der Waals surface area contributed by atoms with Crippen LogP contribution in [0, 0.1) is 0 Å². The number of thiophene rings is 1. The number of benzene rings is 1. The van der Waals surface area contributed by atoms with E-state index in [-0.39, 0.29) is 11.7 Å². The van der Waals surface area contributed by atoms with Gasteiger partial charge in [0.15, 0.2) is 8.68 Å². The first-order chi connectivity index (χ1) is 12.7. The van der Waals surface area contributed by atoms with Crippen LogP contribution in [0.1, 0.15) is 10.4 Å².